The molecule has 10 heteroatoms. The SMILES string of the molecule is O=C(COc1ccc(S(=O)(=O)Nc2ccccc2)cc1)Nc1cc(Cl)c(Cl)cc1Cl. The molecule has 3 rings (SSSR count). The Morgan fingerprint density at radius 3 is 2.17 bits per heavy atom. The van der Waals surface area contributed by atoms with E-state index in [1.54, 1.807) is 30.3 Å². The maximum atomic E-state index is 12.4. The molecule has 156 valence electrons. The highest BCUT2D eigenvalue weighted by Gasteiger charge is 2.15. The minimum absolute atomic E-state index is 0.0609. The predicted octanol–water partition coefficient (Wildman–Crippen LogP) is 5.47. The second kappa shape index (κ2) is 9.57. The zero-order valence-corrected chi connectivity index (χ0v) is 18.3. The minimum atomic E-state index is -3.74. The van der Waals surface area contributed by atoms with Crippen LogP contribution in [0.5, 0.6) is 5.75 Å². The molecule has 0 aliphatic rings. The average Bonchev–Trinajstić information content (AvgIpc) is 2.71. The van der Waals surface area contributed by atoms with Crippen molar-refractivity contribution in [3.05, 3.63) is 81.8 Å². The quantitative estimate of drug-likeness (QED) is 0.435. The van der Waals surface area contributed by atoms with Crippen molar-refractivity contribution >= 4 is 62.1 Å². The summed E-state index contributed by atoms with van der Waals surface area (Å²) in [4.78, 5) is 12.1. The summed E-state index contributed by atoms with van der Waals surface area (Å²) in [6.07, 6.45) is 0. The van der Waals surface area contributed by atoms with Crippen LogP contribution in [0.1, 0.15) is 0 Å². The number of sulfonamides is 1. The lowest BCUT2D eigenvalue weighted by Crippen LogP contribution is -2.20. The second-order valence-corrected chi connectivity index (χ2v) is 8.93. The maximum absolute atomic E-state index is 12.4. The second-order valence-electron chi connectivity index (χ2n) is 6.03. The Kier molecular flexibility index (Phi) is 7.10. The molecule has 0 bridgehead atoms. The number of rotatable bonds is 7. The lowest BCUT2D eigenvalue weighted by Gasteiger charge is -2.11. The van der Waals surface area contributed by atoms with Crippen molar-refractivity contribution in [2.75, 3.05) is 16.6 Å². The summed E-state index contributed by atoms with van der Waals surface area (Å²) in [6, 6.07) is 17.1. The number of hydrogen-bond donors (Lipinski definition) is 2. The molecule has 0 aliphatic carbocycles. The lowest BCUT2D eigenvalue weighted by atomic mass is 10.3. The molecule has 30 heavy (non-hydrogen) atoms. The van der Waals surface area contributed by atoms with E-state index in [-0.39, 0.29) is 26.6 Å². The summed E-state index contributed by atoms with van der Waals surface area (Å²) in [5, 5.41) is 3.32. The fourth-order valence-corrected chi connectivity index (χ4v) is 4.04. The Morgan fingerprint density at radius 2 is 1.50 bits per heavy atom. The van der Waals surface area contributed by atoms with Crippen LogP contribution in [0.3, 0.4) is 0 Å². The predicted molar refractivity (Wildman–Crippen MR) is 119 cm³/mol. The molecular formula is C20H15Cl3N2O4S. The van der Waals surface area contributed by atoms with Crippen LogP contribution in [0.2, 0.25) is 15.1 Å². The molecule has 0 aromatic heterocycles. The number of anilines is 2. The standard InChI is InChI=1S/C20H15Cl3N2O4S/c21-16-10-18(23)19(11-17(16)22)24-20(26)12-29-14-6-8-15(9-7-14)30(27,28)25-13-4-2-1-3-5-13/h1-11,25H,12H2,(H,24,26). The third-order valence-corrected chi connectivity index (χ3v) is 6.25. The van der Waals surface area contributed by atoms with Crippen molar-refractivity contribution in [2.45, 2.75) is 4.90 Å². The van der Waals surface area contributed by atoms with E-state index in [4.69, 9.17) is 39.5 Å². The zero-order chi connectivity index (χ0) is 21.7. The number of nitrogens with one attached hydrogen (secondary N) is 2. The summed E-state index contributed by atoms with van der Waals surface area (Å²) in [6.45, 7) is -0.315. The Hall–Kier alpha value is -2.45. The van der Waals surface area contributed by atoms with E-state index in [1.807, 2.05) is 0 Å². The van der Waals surface area contributed by atoms with Crippen molar-refractivity contribution in [1.29, 1.82) is 0 Å². The first-order chi connectivity index (χ1) is 14.2. The molecule has 1 amide bonds. The first kappa shape index (κ1) is 22.2. The van der Waals surface area contributed by atoms with Gasteiger partial charge in [-0.3, -0.25) is 9.52 Å². The molecule has 0 radical (unpaired) electrons. The lowest BCUT2D eigenvalue weighted by molar-refractivity contribution is -0.118. The number of carbonyl (C=O) groups excluding carboxylic acids is 1. The van der Waals surface area contributed by atoms with Gasteiger partial charge in [0, 0.05) is 5.69 Å². The highest BCUT2D eigenvalue weighted by Crippen LogP contribution is 2.32. The fourth-order valence-electron chi connectivity index (χ4n) is 2.39. The molecule has 0 heterocycles. The molecule has 0 spiro atoms. The van der Waals surface area contributed by atoms with Crippen LogP contribution in [0, 0.1) is 0 Å². The van der Waals surface area contributed by atoms with Gasteiger partial charge in [-0.15, -0.1) is 0 Å². The van der Waals surface area contributed by atoms with Gasteiger partial charge in [0.1, 0.15) is 5.75 Å². The van der Waals surface area contributed by atoms with E-state index in [1.165, 1.54) is 36.4 Å². The van der Waals surface area contributed by atoms with Crippen LogP contribution in [-0.2, 0) is 14.8 Å². The monoisotopic (exact) mass is 484 g/mol. The number of hydrogen-bond acceptors (Lipinski definition) is 4. The smallest absolute Gasteiger partial charge is 0.262 e. The van der Waals surface area contributed by atoms with E-state index in [2.05, 4.69) is 10.0 Å². The first-order valence-corrected chi connectivity index (χ1v) is 11.1. The average molecular weight is 486 g/mol. The zero-order valence-electron chi connectivity index (χ0n) is 15.2. The van der Waals surface area contributed by atoms with Crippen LogP contribution in [0.15, 0.2) is 71.6 Å². The Morgan fingerprint density at radius 1 is 0.867 bits per heavy atom. The van der Waals surface area contributed by atoms with Crippen molar-refractivity contribution in [1.82, 2.24) is 0 Å². The molecule has 0 saturated heterocycles. The van der Waals surface area contributed by atoms with Crippen LogP contribution in [0.25, 0.3) is 0 Å². The summed E-state index contributed by atoms with van der Waals surface area (Å²) < 4.78 is 32.7. The first-order valence-electron chi connectivity index (χ1n) is 8.50. The molecule has 0 aliphatic heterocycles. The van der Waals surface area contributed by atoms with Gasteiger partial charge in [-0.25, -0.2) is 8.42 Å². The normalized spacial score (nSPS) is 11.0. The highest BCUT2D eigenvalue weighted by molar-refractivity contribution is 7.92. The molecule has 0 fully saturated rings. The number of ether oxygens (including phenoxy) is 1. The third-order valence-electron chi connectivity index (χ3n) is 3.81. The van der Waals surface area contributed by atoms with E-state index in [9.17, 15) is 13.2 Å². The number of amides is 1. The highest BCUT2D eigenvalue weighted by atomic mass is 35.5. The van der Waals surface area contributed by atoms with E-state index >= 15 is 0 Å². The Labute approximate surface area is 188 Å². The minimum Gasteiger partial charge on any atom is -0.484 e. The van der Waals surface area contributed by atoms with Gasteiger partial charge in [0.25, 0.3) is 15.9 Å². The van der Waals surface area contributed by atoms with Crippen molar-refractivity contribution in [3.63, 3.8) is 0 Å². The Bertz CT molecular complexity index is 1150. The van der Waals surface area contributed by atoms with Gasteiger partial charge in [0.15, 0.2) is 6.61 Å². The molecule has 0 atom stereocenters. The molecular weight excluding hydrogens is 471 g/mol. The van der Waals surface area contributed by atoms with Crippen molar-refractivity contribution in [3.8, 4) is 5.75 Å². The van der Waals surface area contributed by atoms with Gasteiger partial charge in [0.2, 0.25) is 0 Å². The van der Waals surface area contributed by atoms with Crippen molar-refractivity contribution in [2.24, 2.45) is 0 Å². The Balaban J connectivity index is 1.59. The molecule has 3 aromatic carbocycles. The largest absolute Gasteiger partial charge is 0.484 e. The van der Waals surface area contributed by atoms with Gasteiger partial charge in [0.05, 0.1) is 25.7 Å². The topological polar surface area (TPSA) is 84.5 Å². The van der Waals surface area contributed by atoms with E-state index in [0.717, 1.165) is 0 Å². The summed E-state index contributed by atoms with van der Waals surface area (Å²) in [5.74, 6) is -0.151. The van der Waals surface area contributed by atoms with Gasteiger partial charge >= 0.3 is 0 Å². The summed E-state index contributed by atoms with van der Waals surface area (Å²) in [7, 11) is -3.74. The van der Waals surface area contributed by atoms with Gasteiger partial charge in [-0.05, 0) is 48.5 Å². The molecule has 6 nitrogen and oxygen atoms in total. The van der Waals surface area contributed by atoms with Crippen LogP contribution < -0.4 is 14.8 Å². The number of halogens is 3. The molecule has 0 unspecified atom stereocenters. The molecule has 2 N–H and O–H groups in total. The molecule has 3 aromatic rings. The van der Waals surface area contributed by atoms with Gasteiger partial charge < -0.3 is 10.1 Å². The summed E-state index contributed by atoms with van der Waals surface area (Å²) >= 11 is 17.8. The molecule has 0 saturated carbocycles. The summed E-state index contributed by atoms with van der Waals surface area (Å²) in [5.41, 5.74) is 0.753. The van der Waals surface area contributed by atoms with Gasteiger partial charge in [-0.2, -0.15) is 0 Å². The number of benzene rings is 3. The van der Waals surface area contributed by atoms with Crippen molar-refractivity contribution < 1.29 is 17.9 Å². The third kappa shape index (κ3) is 5.79. The number of para-hydroxylation sites is 1. The van der Waals surface area contributed by atoms with Crippen LogP contribution >= 0.6 is 34.8 Å². The van der Waals surface area contributed by atoms with E-state index in [0.29, 0.717) is 17.1 Å². The fraction of sp³-hybridized carbons (Fsp3) is 0.0500. The van der Waals surface area contributed by atoms with Crippen LogP contribution in [-0.4, -0.2) is 20.9 Å². The van der Waals surface area contributed by atoms with Crippen LogP contribution in [0.4, 0.5) is 11.4 Å². The van der Waals surface area contributed by atoms with Gasteiger partial charge in [-0.1, -0.05) is 53.0 Å². The number of carbonyl (C=O) groups is 1. The van der Waals surface area contributed by atoms with E-state index < -0.39 is 15.9 Å². The maximum Gasteiger partial charge on any atom is 0.262 e.